The topological polar surface area (TPSA) is 44.4 Å². The second-order valence-corrected chi connectivity index (χ2v) is 7.89. The summed E-state index contributed by atoms with van der Waals surface area (Å²) < 4.78 is 0. The molecular weight excluding hydrogens is 322 g/mol. The minimum absolute atomic E-state index is 0.0897. The van der Waals surface area contributed by atoms with Crippen LogP contribution in [0, 0.1) is 5.92 Å². The molecule has 2 bridgehead atoms. The van der Waals surface area contributed by atoms with Gasteiger partial charge in [0, 0.05) is 30.1 Å². The van der Waals surface area contributed by atoms with Gasteiger partial charge in [-0.05, 0) is 57.3 Å². The van der Waals surface area contributed by atoms with Crippen LogP contribution in [0.4, 0.5) is 0 Å². The van der Waals surface area contributed by atoms with Gasteiger partial charge >= 0.3 is 0 Å². The van der Waals surface area contributed by atoms with Crippen LogP contribution in [0.5, 0.6) is 0 Å². The van der Waals surface area contributed by atoms with E-state index in [1.54, 1.807) is 0 Å². The Hall–Kier alpha value is -1.10. The zero-order valence-corrected chi connectivity index (χ0v) is 15.4. The van der Waals surface area contributed by atoms with E-state index in [0.717, 1.165) is 23.4 Å². The summed E-state index contributed by atoms with van der Waals surface area (Å²) in [4.78, 5) is 14.5. The zero-order chi connectivity index (χ0) is 17.1. The number of hydrogen-bond donors (Lipinski definition) is 2. The fraction of sp³-hybridized carbons (Fsp3) is 0.632. The number of carbonyl (C=O) groups is 1. The first kappa shape index (κ1) is 17.7. The molecule has 3 atom stereocenters. The SMILES string of the molecule is CN(C)C(CNC(=O)CC1CC2CCC(C1)N2)c1ccccc1Cl. The fourth-order valence-electron chi connectivity index (χ4n) is 4.20. The molecule has 5 heteroatoms. The van der Waals surface area contributed by atoms with Crippen LogP contribution in [0.15, 0.2) is 24.3 Å². The number of nitrogens with one attached hydrogen (secondary N) is 2. The first-order valence-electron chi connectivity index (χ1n) is 8.96. The zero-order valence-electron chi connectivity index (χ0n) is 14.6. The molecule has 0 aromatic heterocycles. The summed E-state index contributed by atoms with van der Waals surface area (Å²) in [5.74, 6) is 0.696. The van der Waals surface area contributed by atoms with Gasteiger partial charge < -0.3 is 15.5 Å². The van der Waals surface area contributed by atoms with E-state index in [1.165, 1.54) is 12.8 Å². The van der Waals surface area contributed by atoms with Crippen molar-refractivity contribution >= 4 is 17.5 Å². The van der Waals surface area contributed by atoms with E-state index in [-0.39, 0.29) is 11.9 Å². The lowest BCUT2D eigenvalue weighted by atomic mass is 9.89. The number of amides is 1. The van der Waals surface area contributed by atoms with Crippen LogP contribution in [0.2, 0.25) is 5.02 Å². The van der Waals surface area contributed by atoms with E-state index in [2.05, 4.69) is 15.5 Å². The van der Waals surface area contributed by atoms with E-state index < -0.39 is 0 Å². The number of fused-ring (bicyclic) bond motifs is 2. The second-order valence-electron chi connectivity index (χ2n) is 7.48. The Balaban J connectivity index is 1.53. The van der Waals surface area contributed by atoms with E-state index >= 15 is 0 Å². The molecule has 3 rings (SSSR count). The standard InChI is InChI=1S/C19H28ClN3O/c1-23(2)18(16-5-3-4-6-17(16)20)12-21-19(24)11-13-9-14-7-8-15(10-13)22-14/h3-6,13-15,18,22H,7-12H2,1-2H3,(H,21,24). The molecule has 1 amide bonds. The Kier molecular flexibility index (Phi) is 5.80. The number of halogens is 1. The summed E-state index contributed by atoms with van der Waals surface area (Å²) in [6.07, 6.45) is 5.49. The molecule has 3 unspecified atom stereocenters. The second kappa shape index (κ2) is 7.85. The molecule has 2 heterocycles. The Bertz CT molecular complexity index is 565. The van der Waals surface area contributed by atoms with Gasteiger partial charge in [-0.2, -0.15) is 0 Å². The number of nitrogens with zero attached hydrogens (tertiary/aromatic N) is 1. The molecule has 24 heavy (non-hydrogen) atoms. The molecule has 0 radical (unpaired) electrons. The lowest BCUT2D eigenvalue weighted by Crippen LogP contribution is -2.40. The molecule has 132 valence electrons. The number of hydrogen-bond acceptors (Lipinski definition) is 3. The largest absolute Gasteiger partial charge is 0.354 e. The van der Waals surface area contributed by atoms with Crippen molar-refractivity contribution < 1.29 is 4.79 Å². The first-order valence-corrected chi connectivity index (χ1v) is 9.34. The van der Waals surface area contributed by atoms with E-state index in [9.17, 15) is 4.79 Å². The van der Waals surface area contributed by atoms with Crippen LogP contribution in [-0.2, 0) is 4.79 Å². The number of carbonyl (C=O) groups excluding carboxylic acids is 1. The highest BCUT2D eigenvalue weighted by atomic mass is 35.5. The maximum absolute atomic E-state index is 12.4. The predicted molar refractivity (Wildman–Crippen MR) is 98.2 cm³/mol. The van der Waals surface area contributed by atoms with Crippen LogP contribution in [-0.4, -0.2) is 43.5 Å². The first-order chi connectivity index (χ1) is 11.5. The van der Waals surface area contributed by atoms with Crippen molar-refractivity contribution in [3.05, 3.63) is 34.9 Å². The highest BCUT2D eigenvalue weighted by Gasteiger charge is 2.34. The number of likely N-dealkylation sites (N-methyl/N-ethyl adjacent to an activating group) is 1. The smallest absolute Gasteiger partial charge is 0.220 e. The van der Waals surface area contributed by atoms with Gasteiger partial charge in [-0.15, -0.1) is 0 Å². The average molecular weight is 350 g/mol. The molecule has 1 aromatic rings. The molecule has 4 nitrogen and oxygen atoms in total. The van der Waals surface area contributed by atoms with Gasteiger partial charge in [0.25, 0.3) is 0 Å². The molecule has 2 aliphatic rings. The quantitative estimate of drug-likeness (QED) is 0.829. The average Bonchev–Trinajstić information content (AvgIpc) is 2.87. The lowest BCUT2D eigenvalue weighted by molar-refractivity contribution is -0.122. The fourth-order valence-corrected chi connectivity index (χ4v) is 4.46. The molecular formula is C19H28ClN3O. The van der Waals surface area contributed by atoms with Crippen molar-refractivity contribution in [3.63, 3.8) is 0 Å². The Morgan fingerprint density at radius 3 is 2.58 bits per heavy atom. The summed E-state index contributed by atoms with van der Waals surface area (Å²) in [6, 6.07) is 9.22. The Morgan fingerprint density at radius 2 is 1.96 bits per heavy atom. The van der Waals surface area contributed by atoms with Gasteiger partial charge in [0.05, 0.1) is 6.04 Å². The van der Waals surface area contributed by atoms with Gasteiger partial charge in [0.2, 0.25) is 5.91 Å². The highest BCUT2D eigenvalue weighted by molar-refractivity contribution is 6.31. The van der Waals surface area contributed by atoms with Gasteiger partial charge in [-0.3, -0.25) is 4.79 Å². The number of benzene rings is 1. The third-order valence-electron chi connectivity index (χ3n) is 5.42. The molecule has 0 spiro atoms. The maximum Gasteiger partial charge on any atom is 0.220 e. The van der Waals surface area contributed by atoms with Crippen LogP contribution >= 0.6 is 11.6 Å². The van der Waals surface area contributed by atoms with Crippen LogP contribution < -0.4 is 10.6 Å². The van der Waals surface area contributed by atoms with Crippen molar-refractivity contribution in [1.82, 2.24) is 15.5 Å². The van der Waals surface area contributed by atoms with Gasteiger partial charge in [0.1, 0.15) is 0 Å². The minimum Gasteiger partial charge on any atom is -0.354 e. The van der Waals surface area contributed by atoms with Gasteiger partial charge in [-0.25, -0.2) is 0 Å². The number of rotatable bonds is 6. The third-order valence-corrected chi connectivity index (χ3v) is 5.77. The lowest BCUT2D eigenvalue weighted by Gasteiger charge is -2.29. The van der Waals surface area contributed by atoms with Crippen molar-refractivity contribution in [2.24, 2.45) is 5.92 Å². The molecule has 0 aliphatic carbocycles. The summed E-state index contributed by atoms with van der Waals surface area (Å²) in [5.41, 5.74) is 1.06. The van der Waals surface area contributed by atoms with Crippen LogP contribution in [0.25, 0.3) is 0 Å². The maximum atomic E-state index is 12.4. The molecule has 1 aromatic carbocycles. The van der Waals surface area contributed by atoms with Crippen molar-refractivity contribution in [3.8, 4) is 0 Å². The van der Waals surface area contributed by atoms with Gasteiger partial charge in [0.15, 0.2) is 0 Å². The van der Waals surface area contributed by atoms with Crippen molar-refractivity contribution in [1.29, 1.82) is 0 Å². The summed E-state index contributed by atoms with van der Waals surface area (Å²) >= 11 is 6.33. The molecule has 2 fully saturated rings. The molecule has 2 saturated heterocycles. The van der Waals surface area contributed by atoms with Crippen LogP contribution in [0.3, 0.4) is 0 Å². The number of piperidine rings is 1. The monoisotopic (exact) mass is 349 g/mol. The van der Waals surface area contributed by atoms with E-state index in [0.29, 0.717) is 31.0 Å². The van der Waals surface area contributed by atoms with Crippen molar-refractivity contribution in [2.75, 3.05) is 20.6 Å². The predicted octanol–water partition coefficient (Wildman–Crippen LogP) is 2.98. The summed E-state index contributed by atoms with van der Waals surface area (Å²) in [5, 5.41) is 7.51. The molecule has 2 N–H and O–H groups in total. The summed E-state index contributed by atoms with van der Waals surface area (Å²) in [6.45, 7) is 0.591. The van der Waals surface area contributed by atoms with Crippen molar-refractivity contribution in [2.45, 2.75) is 50.2 Å². The third kappa shape index (κ3) is 4.29. The molecule has 2 aliphatic heterocycles. The Morgan fingerprint density at radius 1 is 1.29 bits per heavy atom. The summed E-state index contributed by atoms with van der Waals surface area (Å²) in [7, 11) is 4.04. The minimum atomic E-state index is 0.0897. The van der Waals surface area contributed by atoms with E-state index in [1.807, 2.05) is 38.4 Å². The molecule has 0 saturated carbocycles. The highest BCUT2D eigenvalue weighted by Crippen LogP contribution is 2.32. The van der Waals surface area contributed by atoms with E-state index in [4.69, 9.17) is 11.6 Å². The van der Waals surface area contributed by atoms with Crippen LogP contribution in [0.1, 0.15) is 43.7 Å². The Labute approximate surface area is 149 Å². The normalized spacial score (nSPS) is 27.2. The van der Waals surface area contributed by atoms with Gasteiger partial charge in [-0.1, -0.05) is 29.8 Å².